The average Bonchev–Trinajstić information content (AvgIpc) is 0. The van der Waals surface area contributed by atoms with E-state index in [0.29, 0.717) is 0 Å². The molecule has 0 atom stereocenters. The van der Waals surface area contributed by atoms with Gasteiger partial charge in [-0.15, -0.1) is 0 Å². The second-order valence-corrected chi connectivity index (χ2v) is 0. The average molecular weight is 462 g/mol. The van der Waals surface area contributed by atoms with E-state index in [1.165, 1.54) is 0 Å². The van der Waals surface area contributed by atoms with E-state index in [1.54, 1.807) is 0 Å². The normalized spacial score (nSPS) is 0. The zero-order valence-corrected chi connectivity index (χ0v) is 9.46. The molecule has 0 aliphatic heterocycles. The second kappa shape index (κ2) is 26.7. The van der Waals surface area contributed by atoms with Crippen molar-refractivity contribution in [2.24, 2.45) is 0 Å². The molecule has 0 nitrogen and oxygen atoms in total. The van der Waals surface area contributed by atoms with Gasteiger partial charge in [0, 0.05) is 102 Å². The smallest absolute Gasteiger partial charge is 0 e. The van der Waals surface area contributed by atoms with Crippen LogP contribution in [0, 0.1) is 0 Å². The Morgan fingerprint density at radius 2 is 1.00 bits per heavy atom. The summed E-state index contributed by atoms with van der Waals surface area (Å²) in [5, 5.41) is 0. The third-order valence-corrected chi connectivity index (χ3v) is 0. The van der Waals surface area contributed by atoms with Crippen LogP contribution in [0.4, 0.5) is 0 Å². The molecule has 5 heavy (non-hydrogen) atoms. The molecule has 0 rings (SSSR count). The molecule has 0 aromatic heterocycles. The molecule has 0 saturated heterocycles. The van der Waals surface area contributed by atoms with Gasteiger partial charge >= 0.3 is 0 Å². The van der Waals surface area contributed by atoms with Crippen LogP contribution in [0.2, 0.25) is 0 Å². The summed E-state index contributed by atoms with van der Waals surface area (Å²) < 4.78 is 0. The van der Waals surface area contributed by atoms with Gasteiger partial charge in [0.2, 0.25) is 0 Å². The maximum atomic E-state index is 0. The van der Waals surface area contributed by atoms with E-state index in [0.717, 1.165) is 0 Å². The fourth-order valence-electron chi connectivity index (χ4n) is 0. The molecule has 0 aliphatic carbocycles. The zero-order chi connectivity index (χ0) is 0. The van der Waals surface area contributed by atoms with Gasteiger partial charge < -0.3 is 0 Å². The molecule has 0 bridgehead atoms. The summed E-state index contributed by atoms with van der Waals surface area (Å²) in [6, 6.07) is 0. The quantitative estimate of drug-likeness (QED) is 0.445. The van der Waals surface area contributed by atoms with Gasteiger partial charge in [0.1, 0.15) is 0 Å². The molecule has 0 fully saturated rings. The molecule has 0 aromatic rings. The van der Waals surface area contributed by atoms with Crippen LogP contribution >= 0.6 is 0 Å². The van der Waals surface area contributed by atoms with Crippen molar-refractivity contribution in [3.63, 3.8) is 0 Å². The molecule has 3 radical (unpaired) electrons. The van der Waals surface area contributed by atoms with Crippen LogP contribution in [0.1, 0.15) is 0 Å². The molecule has 41 valence electrons. The molecule has 0 spiro atoms. The van der Waals surface area contributed by atoms with E-state index in [9.17, 15) is 0 Å². The van der Waals surface area contributed by atoms with Crippen LogP contribution < -0.4 is 0 Å². The fourth-order valence-corrected chi connectivity index (χ4v) is 0. The van der Waals surface area contributed by atoms with Crippen molar-refractivity contribution in [1.82, 2.24) is 0 Å². The molecular formula is AgAuNiTiV. The van der Waals surface area contributed by atoms with Crippen molar-refractivity contribution >= 4 is 0 Å². The van der Waals surface area contributed by atoms with Crippen molar-refractivity contribution < 1.29 is 102 Å². The van der Waals surface area contributed by atoms with Gasteiger partial charge in [0.15, 0.2) is 0 Å². The molecule has 0 amide bonds. The molecule has 5 heteroatoms. The molecule has 0 saturated carbocycles. The molecule has 0 aliphatic rings. The van der Waals surface area contributed by atoms with Gasteiger partial charge in [0.25, 0.3) is 0 Å². The van der Waals surface area contributed by atoms with Crippen molar-refractivity contribution in [3.05, 3.63) is 0 Å². The first-order valence-electron chi connectivity index (χ1n) is 0. The first-order valence-corrected chi connectivity index (χ1v) is 0. The summed E-state index contributed by atoms with van der Waals surface area (Å²) in [4.78, 5) is 0. The van der Waals surface area contributed by atoms with Crippen molar-refractivity contribution in [1.29, 1.82) is 0 Å². The summed E-state index contributed by atoms with van der Waals surface area (Å²) >= 11 is 0. The Balaban J connectivity index is 0. The fraction of sp³-hybridized carbons (Fsp3) is 0. The first-order chi connectivity index (χ1) is 0. The van der Waals surface area contributed by atoms with Gasteiger partial charge in [-0.3, -0.25) is 0 Å². The minimum absolute atomic E-state index is 0. The Kier molecular flexibility index (Phi) is 218. The summed E-state index contributed by atoms with van der Waals surface area (Å²) in [6.45, 7) is 0. The largest absolute Gasteiger partial charge is 0 e. The minimum Gasteiger partial charge on any atom is 0 e. The molecule has 0 N–H and O–H groups in total. The second-order valence-electron chi connectivity index (χ2n) is 0. The zero-order valence-electron chi connectivity index (χ0n) is 1.87. The van der Waals surface area contributed by atoms with E-state index in [2.05, 4.69) is 0 Å². The maximum absolute atomic E-state index is 0. The van der Waals surface area contributed by atoms with Gasteiger partial charge in [-0.1, -0.05) is 0 Å². The predicted molar refractivity (Wildman–Crippen MR) is 0 cm³/mol. The summed E-state index contributed by atoms with van der Waals surface area (Å²) in [5.74, 6) is 0. The standard InChI is InChI=1S/Ag.Au.Ni.Ti.V. The third-order valence-electron chi connectivity index (χ3n) is 0. The van der Waals surface area contributed by atoms with Crippen LogP contribution in [-0.2, 0) is 102 Å². The van der Waals surface area contributed by atoms with E-state index in [-0.39, 0.29) is 102 Å². The number of hydrogen-bond donors (Lipinski definition) is 0. The van der Waals surface area contributed by atoms with E-state index < -0.39 is 0 Å². The van der Waals surface area contributed by atoms with Crippen molar-refractivity contribution in [3.8, 4) is 0 Å². The van der Waals surface area contributed by atoms with Crippen LogP contribution in [0.3, 0.4) is 0 Å². The first kappa shape index (κ1) is 40.9. The van der Waals surface area contributed by atoms with E-state index in [4.69, 9.17) is 0 Å². The molecule has 0 unspecified atom stereocenters. The van der Waals surface area contributed by atoms with E-state index in [1.807, 2.05) is 0 Å². The van der Waals surface area contributed by atoms with Crippen molar-refractivity contribution in [2.45, 2.75) is 0 Å². The maximum Gasteiger partial charge on any atom is 0 e. The SMILES string of the molecule is [Ag].[Au].[Ni].[Ti].[V]. The van der Waals surface area contributed by atoms with Gasteiger partial charge in [-0.25, -0.2) is 0 Å². The monoisotopic (exact) mass is 461 g/mol. The molecule has 0 heterocycles. The van der Waals surface area contributed by atoms with Gasteiger partial charge in [-0.05, 0) is 0 Å². The van der Waals surface area contributed by atoms with Gasteiger partial charge in [-0.2, -0.15) is 0 Å². The third kappa shape index (κ3) is 18.9. The molecular weight excluding hydrogens is 462 g/mol. The van der Waals surface area contributed by atoms with Crippen LogP contribution in [0.5, 0.6) is 0 Å². The Bertz CT molecular complexity index is 11.6. The Hall–Kier alpha value is 3.27. The van der Waals surface area contributed by atoms with Crippen LogP contribution in [0.15, 0.2) is 0 Å². The van der Waals surface area contributed by atoms with E-state index >= 15 is 0 Å². The van der Waals surface area contributed by atoms with Crippen LogP contribution in [-0.4, -0.2) is 0 Å². The summed E-state index contributed by atoms with van der Waals surface area (Å²) in [5.41, 5.74) is 0. The van der Waals surface area contributed by atoms with Crippen LogP contribution in [0.25, 0.3) is 0 Å². The topological polar surface area (TPSA) is 0 Å². The number of rotatable bonds is 0. The van der Waals surface area contributed by atoms with Gasteiger partial charge in [0.05, 0.1) is 0 Å². The predicted octanol–water partition coefficient (Wildman–Crippen LogP) is -0.0125. The Morgan fingerprint density at radius 3 is 1.00 bits per heavy atom. The minimum atomic E-state index is 0. The Labute approximate surface area is 99.7 Å². The molecule has 0 aromatic carbocycles. The van der Waals surface area contributed by atoms with Crippen molar-refractivity contribution in [2.75, 3.05) is 0 Å². The summed E-state index contributed by atoms with van der Waals surface area (Å²) in [6.07, 6.45) is 0. The number of hydrogen-bond acceptors (Lipinski definition) is 0. The summed E-state index contributed by atoms with van der Waals surface area (Å²) in [7, 11) is 0. The Morgan fingerprint density at radius 1 is 1.00 bits per heavy atom.